The number of hydrogen-bond acceptors (Lipinski definition) is 3. The van der Waals surface area contributed by atoms with Gasteiger partial charge in [-0.15, -0.1) is 0 Å². The summed E-state index contributed by atoms with van der Waals surface area (Å²) in [5.74, 6) is 0. The van der Waals surface area contributed by atoms with E-state index >= 15 is 0 Å². The van der Waals surface area contributed by atoms with Gasteiger partial charge in [0.2, 0.25) is 0 Å². The molecule has 1 atom stereocenters. The molecule has 0 amide bonds. The third kappa shape index (κ3) is 2.62. The van der Waals surface area contributed by atoms with Gasteiger partial charge in [0.25, 0.3) is 0 Å². The molecule has 1 spiro atoms. The molecule has 3 heteroatoms. The summed E-state index contributed by atoms with van der Waals surface area (Å²) >= 11 is 0. The number of rotatable bonds is 2. The molecule has 0 bridgehead atoms. The van der Waals surface area contributed by atoms with Crippen LogP contribution in [0.15, 0.2) is 18.3 Å². The number of piperidine rings is 1. The molecule has 1 aliphatic heterocycles. The zero-order chi connectivity index (χ0) is 13.3. The standard InChI is InChI=1S/C16H25N3/c1-13(17)15-5-4-14(12-18-15)19-10-8-16(9-11-19)6-2-3-7-16/h4-5,12-13H,2-3,6-11,17H2,1H3. The summed E-state index contributed by atoms with van der Waals surface area (Å²) in [5.41, 5.74) is 8.78. The first-order valence-corrected chi connectivity index (χ1v) is 7.65. The van der Waals surface area contributed by atoms with E-state index in [1.807, 2.05) is 13.1 Å². The second kappa shape index (κ2) is 5.12. The van der Waals surface area contributed by atoms with E-state index < -0.39 is 0 Å². The van der Waals surface area contributed by atoms with Crippen molar-refractivity contribution in [2.24, 2.45) is 11.1 Å². The lowest BCUT2D eigenvalue weighted by molar-refractivity contribution is 0.226. The predicted molar refractivity (Wildman–Crippen MR) is 79.2 cm³/mol. The van der Waals surface area contributed by atoms with Crippen molar-refractivity contribution in [2.45, 2.75) is 51.5 Å². The minimum Gasteiger partial charge on any atom is -0.370 e. The first-order chi connectivity index (χ1) is 9.19. The van der Waals surface area contributed by atoms with Gasteiger partial charge in [0.1, 0.15) is 0 Å². The van der Waals surface area contributed by atoms with Gasteiger partial charge in [0.05, 0.1) is 17.6 Å². The van der Waals surface area contributed by atoms with E-state index in [0.29, 0.717) is 5.41 Å². The van der Waals surface area contributed by atoms with Gasteiger partial charge in [-0.05, 0) is 50.2 Å². The molecule has 1 saturated heterocycles. The minimum absolute atomic E-state index is 0.0252. The van der Waals surface area contributed by atoms with Gasteiger partial charge in [-0.2, -0.15) is 0 Å². The number of nitrogens with two attached hydrogens (primary N) is 1. The van der Waals surface area contributed by atoms with Gasteiger partial charge < -0.3 is 10.6 Å². The number of anilines is 1. The highest BCUT2D eigenvalue weighted by Crippen LogP contribution is 2.46. The van der Waals surface area contributed by atoms with Gasteiger partial charge in [-0.25, -0.2) is 0 Å². The molecule has 19 heavy (non-hydrogen) atoms. The van der Waals surface area contributed by atoms with Crippen LogP contribution in [0, 0.1) is 5.41 Å². The van der Waals surface area contributed by atoms with Crippen LogP contribution >= 0.6 is 0 Å². The van der Waals surface area contributed by atoms with Crippen molar-refractivity contribution < 1.29 is 0 Å². The Morgan fingerprint density at radius 3 is 2.37 bits per heavy atom. The average molecular weight is 259 g/mol. The van der Waals surface area contributed by atoms with Gasteiger partial charge in [-0.3, -0.25) is 4.98 Å². The fraction of sp³-hybridized carbons (Fsp3) is 0.688. The lowest BCUT2D eigenvalue weighted by Gasteiger charge is -2.40. The predicted octanol–water partition coefficient (Wildman–Crippen LogP) is 3.26. The van der Waals surface area contributed by atoms with Crippen LogP contribution in [-0.4, -0.2) is 18.1 Å². The average Bonchev–Trinajstić information content (AvgIpc) is 2.88. The monoisotopic (exact) mass is 259 g/mol. The van der Waals surface area contributed by atoms with Crippen LogP contribution in [0.25, 0.3) is 0 Å². The number of nitrogens with zero attached hydrogens (tertiary/aromatic N) is 2. The molecule has 3 nitrogen and oxygen atoms in total. The fourth-order valence-corrected chi connectivity index (χ4v) is 3.72. The maximum absolute atomic E-state index is 5.84. The van der Waals surface area contributed by atoms with E-state index in [9.17, 15) is 0 Å². The molecular formula is C16H25N3. The summed E-state index contributed by atoms with van der Waals surface area (Å²) in [6.07, 6.45) is 10.5. The molecule has 0 radical (unpaired) electrons. The van der Waals surface area contributed by atoms with Crippen LogP contribution in [0.5, 0.6) is 0 Å². The molecule has 1 aliphatic carbocycles. The summed E-state index contributed by atoms with van der Waals surface area (Å²) < 4.78 is 0. The summed E-state index contributed by atoms with van der Waals surface area (Å²) in [6, 6.07) is 4.27. The third-order valence-corrected chi connectivity index (χ3v) is 5.09. The Balaban J connectivity index is 1.64. The Labute approximate surface area is 116 Å². The van der Waals surface area contributed by atoms with E-state index in [4.69, 9.17) is 5.73 Å². The quantitative estimate of drug-likeness (QED) is 0.886. The van der Waals surface area contributed by atoms with Crippen LogP contribution in [0.4, 0.5) is 5.69 Å². The Hall–Kier alpha value is -1.09. The van der Waals surface area contributed by atoms with E-state index in [1.165, 1.54) is 57.3 Å². The van der Waals surface area contributed by atoms with Crippen molar-refractivity contribution in [2.75, 3.05) is 18.0 Å². The maximum atomic E-state index is 5.84. The number of pyridine rings is 1. The summed E-state index contributed by atoms with van der Waals surface area (Å²) in [4.78, 5) is 6.96. The normalized spacial score (nSPS) is 23.8. The van der Waals surface area contributed by atoms with Crippen molar-refractivity contribution in [3.05, 3.63) is 24.0 Å². The molecule has 2 aliphatic rings. The summed E-state index contributed by atoms with van der Waals surface area (Å²) in [6.45, 7) is 4.37. The van der Waals surface area contributed by atoms with Gasteiger partial charge >= 0.3 is 0 Å². The molecule has 2 heterocycles. The molecule has 2 fully saturated rings. The second-order valence-corrected chi connectivity index (χ2v) is 6.42. The van der Waals surface area contributed by atoms with Crippen molar-refractivity contribution >= 4 is 5.69 Å². The second-order valence-electron chi connectivity index (χ2n) is 6.42. The molecule has 0 aromatic carbocycles. The van der Waals surface area contributed by atoms with Crippen molar-refractivity contribution in [1.29, 1.82) is 0 Å². The molecular weight excluding hydrogens is 234 g/mol. The van der Waals surface area contributed by atoms with E-state index in [1.54, 1.807) is 0 Å². The number of hydrogen-bond donors (Lipinski definition) is 1. The molecule has 1 saturated carbocycles. The molecule has 2 N–H and O–H groups in total. The Morgan fingerprint density at radius 1 is 1.16 bits per heavy atom. The van der Waals surface area contributed by atoms with Crippen LogP contribution in [0.3, 0.4) is 0 Å². The number of aromatic nitrogens is 1. The first-order valence-electron chi connectivity index (χ1n) is 7.65. The molecule has 1 unspecified atom stereocenters. The Morgan fingerprint density at radius 2 is 1.84 bits per heavy atom. The van der Waals surface area contributed by atoms with Crippen molar-refractivity contribution in [3.8, 4) is 0 Å². The van der Waals surface area contributed by atoms with Gasteiger partial charge in [0.15, 0.2) is 0 Å². The van der Waals surface area contributed by atoms with Crippen LogP contribution in [0.2, 0.25) is 0 Å². The molecule has 1 aromatic heterocycles. The minimum atomic E-state index is 0.0252. The maximum Gasteiger partial charge on any atom is 0.0569 e. The van der Waals surface area contributed by atoms with E-state index in [0.717, 1.165) is 5.69 Å². The SMILES string of the molecule is CC(N)c1ccc(N2CCC3(CCCC3)CC2)cn1. The highest BCUT2D eigenvalue weighted by atomic mass is 15.1. The van der Waals surface area contributed by atoms with Crippen LogP contribution in [0.1, 0.15) is 57.2 Å². The highest BCUT2D eigenvalue weighted by molar-refractivity contribution is 5.45. The lowest BCUT2D eigenvalue weighted by Crippen LogP contribution is -2.38. The smallest absolute Gasteiger partial charge is 0.0569 e. The van der Waals surface area contributed by atoms with Crippen LogP contribution < -0.4 is 10.6 Å². The zero-order valence-electron chi connectivity index (χ0n) is 11.9. The Kier molecular flexibility index (Phi) is 3.48. The molecule has 1 aromatic rings. The fourth-order valence-electron chi connectivity index (χ4n) is 3.72. The highest BCUT2D eigenvalue weighted by Gasteiger charge is 2.36. The van der Waals surface area contributed by atoms with E-state index in [-0.39, 0.29) is 6.04 Å². The zero-order valence-corrected chi connectivity index (χ0v) is 11.9. The molecule has 104 valence electrons. The lowest BCUT2D eigenvalue weighted by atomic mass is 9.77. The van der Waals surface area contributed by atoms with Crippen molar-refractivity contribution in [3.63, 3.8) is 0 Å². The van der Waals surface area contributed by atoms with Crippen LogP contribution in [-0.2, 0) is 0 Å². The van der Waals surface area contributed by atoms with Gasteiger partial charge in [0, 0.05) is 19.1 Å². The summed E-state index contributed by atoms with van der Waals surface area (Å²) in [7, 11) is 0. The van der Waals surface area contributed by atoms with Gasteiger partial charge in [-0.1, -0.05) is 12.8 Å². The third-order valence-electron chi connectivity index (χ3n) is 5.09. The van der Waals surface area contributed by atoms with Crippen molar-refractivity contribution in [1.82, 2.24) is 4.98 Å². The topological polar surface area (TPSA) is 42.1 Å². The Bertz CT molecular complexity index is 408. The molecule has 3 rings (SSSR count). The van der Waals surface area contributed by atoms with E-state index in [2.05, 4.69) is 22.0 Å². The first kappa shape index (κ1) is 12.9. The summed E-state index contributed by atoms with van der Waals surface area (Å²) in [5, 5.41) is 0. The largest absolute Gasteiger partial charge is 0.370 e.